The van der Waals surface area contributed by atoms with E-state index in [1.54, 1.807) is 4.90 Å². The van der Waals surface area contributed by atoms with Gasteiger partial charge in [-0.15, -0.1) is 0 Å². The molecule has 0 aliphatic rings. The van der Waals surface area contributed by atoms with E-state index in [0.29, 0.717) is 18.7 Å². The average molecular weight is 239 g/mol. The molecule has 0 bridgehead atoms. The SMILES string of the molecule is CCCN(CCO)C(=O)c1cnc(OC)nc1. The van der Waals surface area contributed by atoms with E-state index < -0.39 is 0 Å². The highest BCUT2D eigenvalue weighted by Crippen LogP contribution is 2.06. The van der Waals surface area contributed by atoms with Gasteiger partial charge in [0.2, 0.25) is 0 Å². The van der Waals surface area contributed by atoms with Gasteiger partial charge in [0.15, 0.2) is 0 Å². The number of hydrogen-bond acceptors (Lipinski definition) is 5. The van der Waals surface area contributed by atoms with Crippen molar-refractivity contribution in [1.82, 2.24) is 14.9 Å². The second kappa shape index (κ2) is 6.80. The Morgan fingerprint density at radius 2 is 2.06 bits per heavy atom. The van der Waals surface area contributed by atoms with Gasteiger partial charge >= 0.3 is 6.01 Å². The minimum absolute atomic E-state index is 0.0528. The number of carbonyl (C=O) groups excluding carboxylic acids is 1. The number of amides is 1. The fourth-order valence-electron chi connectivity index (χ4n) is 1.42. The zero-order valence-electron chi connectivity index (χ0n) is 10.1. The van der Waals surface area contributed by atoms with Crippen LogP contribution in [0, 0.1) is 0 Å². The van der Waals surface area contributed by atoms with E-state index in [1.807, 2.05) is 6.92 Å². The van der Waals surface area contributed by atoms with E-state index in [-0.39, 0.29) is 18.5 Å². The first-order valence-electron chi connectivity index (χ1n) is 5.49. The standard InChI is InChI=1S/C11H17N3O3/c1-3-4-14(5-6-15)10(16)9-7-12-11(17-2)13-8-9/h7-8,15H,3-6H2,1-2H3. The first-order valence-corrected chi connectivity index (χ1v) is 5.49. The van der Waals surface area contributed by atoms with E-state index >= 15 is 0 Å². The van der Waals surface area contributed by atoms with Gasteiger partial charge in [-0.3, -0.25) is 4.79 Å². The van der Waals surface area contributed by atoms with Crippen LogP contribution in [0.25, 0.3) is 0 Å². The molecule has 1 amide bonds. The number of aliphatic hydroxyl groups excluding tert-OH is 1. The molecule has 1 aromatic rings. The summed E-state index contributed by atoms with van der Waals surface area (Å²) in [4.78, 5) is 21.3. The fraction of sp³-hybridized carbons (Fsp3) is 0.545. The van der Waals surface area contributed by atoms with Gasteiger partial charge in [0, 0.05) is 25.5 Å². The van der Waals surface area contributed by atoms with Crippen LogP contribution in [0.15, 0.2) is 12.4 Å². The number of hydrogen-bond donors (Lipinski definition) is 1. The maximum absolute atomic E-state index is 12.0. The molecule has 0 atom stereocenters. The average Bonchev–Trinajstić information content (AvgIpc) is 2.38. The lowest BCUT2D eigenvalue weighted by molar-refractivity contribution is 0.0721. The van der Waals surface area contributed by atoms with Crippen LogP contribution >= 0.6 is 0 Å². The normalized spacial score (nSPS) is 10.1. The molecule has 17 heavy (non-hydrogen) atoms. The van der Waals surface area contributed by atoms with Crippen LogP contribution in [-0.4, -0.2) is 52.7 Å². The summed E-state index contributed by atoms with van der Waals surface area (Å²) >= 11 is 0. The molecule has 0 saturated heterocycles. The van der Waals surface area contributed by atoms with E-state index in [0.717, 1.165) is 6.42 Å². The lowest BCUT2D eigenvalue weighted by Gasteiger charge is -2.20. The number of rotatable bonds is 6. The van der Waals surface area contributed by atoms with Crippen molar-refractivity contribution in [2.24, 2.45) is 0 Å². The van der Waals surface area contributed by atoms with Gasteiger partial charge in [-0.2, -0.15) is 0 Å². The highest BCUT2D eigenvalue weighted by molar-refractivity contribution is 5.93. The van der Waals surface area contributed by atoms with Crippen LogP contribution in [-0.2, 0) is 0 Å². The fourth-order valence-corrected chi connectivity index (χ4v) is 1.42. The van der Waals surface area contributed by atoms with Gasteiger partial charge < -0.3 is 14.7 Å². The maximum atomic E-state index is 12.0. The number of nitrogens with zero attached hydrogens (tertiary/aromatic N) is 3. The Labute approximate surface area is 100 Å². The summed E-state index contributed by atoms with van der Waals surface area (Å²) in [5.74, 6) is -0.177. The van der Waals surface area contributed by atoms with Crippen LogP contribution in [0.1, 0.15) is 23.7 Å². The molecule has 0 aliphatic heterocycles. The lowest BCUT2D eigenvalue weighted by atomic mass is 10.2. The van der Waals surface area contributed by atoms with Crippen molar-refractivity contribution in [2.75, 3.05) is 26.8 Å². The van der Waals surface area contributed by atoms with Crippen LogP contribution in [0.5, 0.6) is 6.01 Å². The molecule has 6 heteroatoms. The van der Waals surface area contributed by atoms with Crippen molar-refractivity contribution in [2.45, 2.75) is 13.3 Å². The van der Waals surface area contributed by atoms with Gasteiger partial charge in [-0.05, 0) is 6.42 Å². The third kappa shape index (κ3) is 3.67. The Kier molecular flexibility index (Phi) is 5.35. The monoisotopic (exact) mass is 239 g/mol. The third-order valence-corrected chi connectivity index (χ3v) is 2.21. The first kappa shape index (κ1) is 13.4. The Morgan fingerprint density at radius 1 is 1.41 bits per heavy atom. The van der Waals surface area contributed by atoms with Gasteiger partial charge in [0.1, 0.15) is 0 Å². The predicted molar refractivity (Wildman–Crippen MR) is 61.9 cm³/mol. The van der Waals surface area contributed by atoms with Gasteiger partial charge in [-0.25, -0.2) is 9.97 Å². The Hall–Kier alpha value is -1.69. The second-order valence-electron chi connectivity index (χ2n) is 3.47. The van der Waals surface area contributed by atoms with Crippen molar-refractivity contribution in [1.29, 1.82) is 0 Å². The van der Waals surface area contributed by atoms with Crippen molar-refractivity contribution in [3.8, 4) is 6.01 Å². The summed E-state index contributed by atoms with van der Waals surface area (Å²) in [6.07, 6.45) is 3.69. The number of aromatic nitrogens is 2. The van der Waals surface area contributed by atoms with Crippen LogP contribution in [0.2, 0.25) is 0 Å². The van der Waals surface area contributed by atoms with E-state index in [2.05, 4.69) is 9.97 Å². The van der Waals surface area contributed by atoms with Gasteiger partial charge in [0.05, 0.1) is 19.3 Å². The Morgan fingerprint density at radius 3 is 2.53 bits per heavy atom. The molecule has 94 valence electrons. The molecule has 0 unspecified atom stereocenters. The Bertz CT molecular complexity index is 347. The Balaban J connectivity index is 2.77. The molecule has 0 fully saturated rings. The molecule has 0 radical (unpaired) electrons. The molecule has 1 rings (SSSR count). The maximum Gasteiger partial charge on any atom is 0.316 e. The predicted octanol–water partition coefficient (Wildman–Crippen LogP) is 0.330. The summed E-state index contributed by atoms with van der Waals surface area (Å²) in [5.41, 5.74) is 0.396. The molecule has 0 spiro atoms. The molecule has 0 saturated carbocycles. The first-order chi connectivity index (χ1) is 8.22. The summed E-state index contributed by atoms with van der Waals surface area (Å²) in [5, 5.41) is 8.90. The van der Waals surface area contributed by atoms with E-state index in [4.69, 9.17) is 9.84 Å². The minimum atomic E-state index is -0.177. The minimum Gasteiger partial charge on any atom is -0.467 e. The number of methoxy groups -OCH3 is 1. The molecule has 6 nitrogen and oxygen atoms in total. The van der Waals surface area contributed by atoms with Crippen molar-refractivity contribution in [3.05, 3.63) is 18.0 Å². The largest absolute Gasteiger partial charge is 0.467 e. The van der Waals surface area contributed by atoms with Crippen LogP contribution in [0.3, 0.4) is 0 Å². The van der Waals surface area contributed by atoms with Crippen LogP contribution < -0.4 is 4.74 Å². The van der Waals surface area contributed by atoms with Gasteiger partial charge in [0.25, 0.3) is 5.91 Å². The molecule has 1 N–H and O–H groups in total. The second-order valence-corrected chi connectivity index (χ2v) is 3.47. The summed E-state index contributed by atoms with van der Waals surface area (Å²) < 4.78 is 4.82. The van der Waals surface area contributed by atoms with Crippen molar-refractivity contribution >= 4 is 5.91 Å². The van der Waals surface area contributed by atoms with Gasteiger partial charge in [-0.1, -0.05) is 6.92 Å². The third-order valence-electron chi connectivity index (χ3n) is 2.21. The molecule has 0 aliphatic carbocycles. The number of ether oxygens (including phenoxy) is 1. The highest BCUT2D eigenvalue weighted by atomic mass is 16.5. The molecule has 1 heterocycles. The summed E-state index contributed by atoms with van der Waals surface area (Å²) in [7, 11) is 1.46. The lowest BCUT2D eigenvalue weighted by Crippen LogP contribution is -2.34. The van der Waals surface area contributed by atoms with Crippen molar-refractivity contribution in [3.63, 3.8) is 0 Å². The molecule has 0 aromatic carbocycles. The van der Waals surface area contributed by atoms with E-state index in [9.17, 15) is 4.79 Å². The van der Waals surface area contributed by atoms with E-state index in [1.165, 1.54) is 19.5 Å². The topological polar surface area (TPSA) is 75.5 Å². The van der Waals surface area contributed by atoms with Crippen LogP contribution in [0.4, 0.5) is 0 Å². The zero-order chi connectivity index (χ0) is 12.7. The number of carbonyl (C=O) groups is 1. The summed E-state index contributed by atoms with van der Waals surface area (Å²) in [6, 6.07) is 0.228. The van der Waals surface area contributed by atoms with Crippen molar-refractivity contribution < 1.29 is 14.6 Å². The smallest absolute Gasteiger partial charge is 0.316 e. The summed E-state index contributed by atoms with van der Waals surface area (Å²) in [6.45, 7) is 2.84. The molecule has 1 aromatic heterocycles. The quantitative estimate of drug-likeness (QED) is 0.774. The number of aliphatic hydroxyl groups is 1. The molecular weight excluding hydrogens is 222 g/mol. The zero-order valence-corrected chi connectivity index (χ0v) is 10.1. The highest BCUT2D eigenvalue weighted by Gasteiger charge is 2.15. The molecular formula is C11H17N3O3.